The molecular weight excluding hydrogens is 360 g/mol. The van der Waals surface area contributed by atoms with Gasteiger partial charge in [0.2, 0.25) is 0 Å². The van der Waals surface area contributed by atoms with Gasteiger partial charge in [-0.05, 0) is 49.4 Å². The van der Waals surface area contributed by atoms with Crippen LogP contribution in [-0.2, 0) is 4.79 Å². The maximum atomic E-state index is 12.9. The zero-order valence-electron chi connectivity index (χ0n) is 15.6. The molecule has 2 aromatic carbocycles. The van der Waals surface area contributed by atoms with Gasteiger partial charge in [0, 0.05) is 12.1 Å². The van der Waals surface area contributed by atoms with Crippen LogP contribution in [-0.4, -0.2) is 34.7 Å². The number of amides is 1. The van der Waals surface area contributed by atoms with Crippen LogP contribution in [0.5, 0.6) is 11.5 Å². The van der Waals surface area contributed by atoms with Crippen molar-refractivity contribution in [3.05, 3.63) is 58.5 Å². The van der Waals surface area contributed by atoms with E-state index in [0.29, 0.717) is 27.9 Å². The number of phenolic OH excluding ortho intramolecular Hbond substituents is 1. The number of aromatic hydroxyl groups is 1. The molecule has 0 bridgehead atoms. The molecule has 27 heavy (non-hydrogen) atoms. The Hall–Kier alpha value is -2.73. The largest absolute Gasteiger partial charge is 0.504 e. The van der Waals surface area contributed by atoms with E-state index >= 15 is 0 Å². The van der Waals surface area contributed by atoms with Crippen LogP contribution in [0.1, 0.15) is 24.5 Å². The molecule has 0 atom stereocenters. The predicted octanol–water partition coefficient (Wildman–Crippen LogP) is 4.72. The molecule has 0 aromatic heterocycles. The lowest BCUT2D eigenvalue weighted by atomic mass is 10.1. The summed E-state index contributed by atoms with van der Waals surface area (Å²) in [5, 5.41) is 10.9. The smallest absolute Gasteiger partial charge is 0.266 e. The Bertz CT molecular complexity index is 904. The molecule has 1 fully saturated rings. The van der Waals surface area contributed by atoms with E-state index in [1.807, 2.05) is 38.1 Å². The fourth-order valence-corrected chi connectivity index (χ4v) is 3.72. The highest BCUT2D eigenvalue weighted by molar-refractivity contribution is 8.18. The molecule has 3 rings (SSSR count). The molecule has 6 heteroatoms. The molecule has 0 saturated carbocycles. The number of rotatable bonds is 5. The number of thioether (sulfide) groups is 1. The lowest BCUT2D eigenvalue weighted by Gasteiger charge is -2.14. The molecule has 0 spiro atoms. The van der Waals surface area contributed by atoms with Crippen molar-refractivity contribution in [1.82, 2.24) is 4.90 Å². The number of methoxy groups -OCH3 is 1. The van der Waals surface area contributed by atoms with Crippen molar-refractivity contribution in [2.24, 2.45) is 4.99 Å². The summed E-state index contributed by atoms with van der Waals surface area (Å²) in [6.07, 6.45) is 2.52. The van der Waals surface area contributed by atoms with Gasteiger partial charge in [-0.15, -0.1) is 0 Å². The summed E-state index contributed by atoms with van der Waals surface area (Å²) in [6, 6.07) is 13.1. The fraction of sp³-hybridized carbons (Fsp3) is 0.238. The van der Waals surface area contributed by atoms with E-state index in [1.54, 1.807) is 29.2 Å². The molecule has 1 aliphatic rings. The molecular formula is C21H22N2O3S. The van der Waals surface area contributed by atoms with Crippen LogP contribution < -0.4 is 4.74 Å². The molecule has 0 unspecified atom stereocenters. The highest BCUT2D eigenvalue weighted by Crippen LogP contribution is 2.37. The number of aryl methyl sites for hydroxylation is 1. The number of para-hydroxylation sites is 1. The van der Waals surface area contributed by atoms with Gasteiger partial charge >= 0.3 is 0 Å². The van der Waals surface area contributed by atoms with E-state index < -0.39 is 0 Å². The van der Waals surface area contributed by atoms with Crippen molar-refractivity contribution in [2.45, 2.75) is 20.3 Å². The second-order valence-electron chi connectivity index (χ2n) is 6.20. The SMILES string of the molecule is CCCN1C(=O)/C(=C\c2cccc(OC)c2O)SC1=Nc1ccc(C)cc1. The summed E-state index contributed by atoms with van der Waals surface area (Å²) in [5.74, 6) is 0.292. The number of amidine groups is 1. The Balaban J connectivity index is 1.96. The van der Waals surface area contributed by atoms with E-state index in [4.69, 9.17) is 4.74 Å². The van der Waals surface area contributed by atoms with Gasteiger partial charge in [0.15, 0.2) is 16.7 Å². The van der Waals surface area contributed by atoms with Gasteiger partial charge in [0.25, 0.3) is 5.91 Å². The van der Waals surface area contributed by atoms with Crippen molar-refractivity contribution in [1.29, 1.82) is 0 Å². The third-order valence-corrected chi connectivity index (χ3v) is 5.14. The van der Waals surface area contributed by atoms with E-state index in [1.165, 1.54) is 18.9 Å². The first-order chi connectivity index (χ1) is 13.0. The van der Waals surface area contributed by atoms with Crippen molar-refractivity contribution < 1.29 is 14.6 Å². The average molecular weight is 382 g/mol. The lowest BCUT2D eigenvalue weighted by molar-refractivity contribution is -0.122. The molecule has 0 radical (unpaired) electrons. The summed E-state index contributed by atoms with van der Waals surface area (Å²) in [5.41, 5.74) is 2.51. The zero-order valence-corrected chi connectivity index (χ0v) is 16.4. The zero-order chi connectivity index (χ0) is 19.4. The van der Waals surface area contributed by atoms with E-state index in [2.05, 4.69) is 4.99 Å². The van der Waals surface area contributed by atoms with Crippen molar-refractivity contribution in [3.8, 4) is 11.5 Å². The second kappa shape index (κ2) is 8.31. The van der Waals surface area contributed by atoms with E-state index in [0.717, 1.165) is 17.7 Å². The van der Waals surface area contributed by atoms with Crippen LogP contribution in [0.25, 0.3) is 6.08 Å². The molecule has 140 valence electrons. The van der Waals surface area contributed by atoms with Crippen LogP contribution >= 0.6 is 11.8 Å². The van der Waals surface area contributed by atoms with Gasteiger partial charge in [-0.3, -0.25) is 9.69 Å². The number of carbonyl (C=O) groups is 1. The summed E-state index contributed by atoms with van der Waals surface area (Å²) in [4.78, 5) is 19.7. The molecule has 2 aromatic rings. The number of phenols is 1. The third-order valence-electron chi connectivity index (χ3n) is 4.13. The number of nitrogens with zero attached hydrogens (tertiary/aromatic N) is 2. The van der Waals surface area contributed by atoms with Crippen molar-refractivity contribution in [2.75, 3.05) is 13.7 Å². The van der Waals surface area contributed by atoms with Crippen LogP contribution in [0.4, 0.5) is 5.69 Å². The van der Waals surface area contributed by atoms with Gasteiger partial charge in [0.05, 0.1) is 17.7 Å². The van der Waals surface area contributed by atoms with E-state index in [-0.39, 0.29) is 11.7 Å². The number of carbonyl (C=O) groups excluding carboxylic acids is 1. The summed E-state index contributed by atoms with van der Waals surface area (Å²) < 4.78 is 5.14. The minimum atomic E-state index is -0.102. The predicted molar refractivity (Wildman–Crippen MR) is 111 cm³/mol. The van der Waals surface area contributed by atoms with Gasteiger partial charge in [-0.25, -0.2) is 4.99 Å². The normalized spacial score (nSPS) is 17.1. The Morgan fingerprint density at radius 1 is 1.22 bits per heavy atom. The number of hydrogen-bond donors (Lipinski definition) is 1. The topological polar surface area (TPSA) is 62.1 Å². The monoisotopic (exact) mass is 382 g/mol. The molecule has 1 heterocycles. The highest BCUT2D eigenvalue weighted by atomic mass is 32.2. The van der Waals surface area contributed by atoms with E-state index in [9.17, 15) is 9.90 Å². The van der Waals surface area contributed by atoms with Gasteiger partial charge in [0.1, 0.15) is 0 Å². The van der Waals surface area contributed by atoms with Crippen LogP contribution in [0.2, 0.25) is 0 Å². The maximum absolute atomic E-state index is 12.9. The van der Waals surface area contributed by atoms with Crippen LogP contribution in [0, 0.1) is 6.92 Å². The molecule has 1 N–H and O–H groups in total. The average Bonchev–Trinajstić information content (AvgIpc) is 2.94. The summed E-state index contributed by atoms with van der Waals surface area (Å²) in [7, 11) is 1.50. The summed E-state index contributed by atoms with van der Waals surface area (Å²) >= 11 is 1.32. The molecule has 1 amide bonds. The molecule has 0 aliphatic carbocycles. The Morgan fingerprint density at radius 3 is 2.63 bits per heavy atom. The van der Waals surface area contributed by atoms with Gasteiger partial charge < -0.3 is 9.84 Å². The number of hydrogen-bond acceptors (Lipinski definition) is 5. The Labute approximate surface area is 163 Å². The minimum absolute atomic E-state index is 0.0202. The quantitative estimate of drug-likeness (QED) is 0.760. The first-order valence-electron chi connectivity index (χ1n) is 8.76. The van der Waals surface area contributed by atoms with Gasteiger partial charge in [-0.2, -0.15) is 0 Å². The Kier molecular flexibility index (Phi) is 5.86. The molecule has 1 saturated heterocycles. The summed E-state index contributed by atoms with van der Waals surface area (Å²) in [6.45, 7) is 4.64. The minimum Gasteiger partial charge on any atom is -0.504 e. The first-order valence-corrected chi connectivity index (χ1v) is 9.58. The second-order valence-corrected chi connectivity index (χ2v) is 7.20. The van der Waals surface area contributed by atoms with Crippen LogP contribution in [0.15, 0.2) is 52.4 Å². The molecule has 1 aliphatic heterocycles. The lowest BCUT2D eigenvalue weighted by Crippen LogP contribution is -2.29. The Morgan fingerprint density at radius 2 is 1.96 bits per heavy atom. The maximum Gasteiger partial charge on any atom is 0.266 e. The van der Waals surface area contributed by atoms with Crippen molar-refractivity contribution in [3.63, 3.8) is 0 Å². The molecule has 5 nitrogen and oxygen atoms in total. The highest BCUT2D eigenvalue weighted by Gasteiger charge is 2.33. The number of aliphatic imine (C=N–C) groups is 1. The van der Waals surface area contributed by atoms with Crippen molar-refractivity contribution >= 4 is 34.6 Å². The number of ether oxygens (including phenoxy) is 1. The first kappa shape index (κ1) is 19.0. The van der Waals surface area contributed by atoms with Gasteiger partial charge in [-0.1, -0.05) is 36.8 Å². The fourth-order valence-electron chi connectivity index (χ4n) is 2.70. The van der Waals surface area contributed by atoms with Crippen LogP contribution in [0.3, 0.4) is 0 Å². The number of benzene rings is 2. The third kappa shape index (κ3) is 4.17. The standard InChI is InChI=1S/C21H22N2O3S/c1-4-12-23-20(25)18(13-15-6-5-7-17(26-3)19(15)24)27-21(23)22-16-10-8-14(2)9-11-16/h5-11,13,24H,4,12H2,1-3H3/b18-13+,22-21?.